The van der Waals surface area contributed by atoms with Gasteiger partial charge in [-0.3, -0.25) is 4.79 Å². The van der Waals surface area contributed by atoms with Gasteiger partial charge in [0, 0.05) is 26.1 Å². The van der Waals surface area contributed by atoms with Gasteiger partial charge in [0.25, 0.3) is 0 Å². The number of rotatable bonds is 10. The van der Waals surface area contributed by atoms with Crippen molar-refractivity contribution in [1.29, 1.82) is 0 Å². The summed E-state index contributed by atoms with van der Waals surface area (Å²) in [6.45, 7) is 1.92. The van der Waals surface area contributed by atoms with Crippen LogP contribution in [0.25, 0.3) is 0 Å². The van der Waals surface area contributed by atoms with E-state index in [2.05, 4.69) is 5.32 Å². The van der Waals surface area contributed by atoms with E-state index in [1.165, 1.54) is 10.6 Å². The molecule has 0 fully saturated rings. The second kappa shape index (κ2) is 9.64. The normalized spacial score (nSPS) is 11.9. The number of hydrogen-bond donors (Lipinski definition) is 1. The van der Waals surface area contributed by atoms with Crippen molar-refractivity contribution in [2.75, 3.05) is 40.0 Å². The van der Waals surface area contributed by atoms with E-state index in [-0.39, 0.29) is 18.9 Å². The number of carbonyl (C=O) groups excluding carboxylic acids is 1. The summed E-state index contributed by atoms with van der Waals surface area (Å²) in [5.74, 6) is -0.143. The molecule has 0 aliphatic heterocycles. The molecule has 7 heteroatoms. The first kappa shape index (κ1) is 19.6. The van der Waals surface area contributed by atoms with Gasteiger partial charge in [0.2, 0.25) is 15.9 Å². The summed E-state index contributed by atoms with van der Waals surface area (Å²) in [7, 11) is 0.602. The smallest absolute Gasteiger partial charge is 0.221 e. The molecule has 0 aliphatic carbocycles. The zero-order valence-electron chi connectivity index (χ0n) is 14.2. The molecule has 130 valence electrons. The largest absolute Gasteiger partial charge is 0.352 e. The van der Waals surface area contributed by atoms with Gasteiger partial charge >= 0.3 is 0 Å². The minimum absolute atomic E-state index is 0.143. The van der Waals surface area contributed by atoms with E-state index < -0.39 is 10.0 Å². The molecule has 0 atom stereocenters. The Hall–Kier alpha value is -1.44. The molecule has 1 aromatic rings. The highest BCUT2D eigenvalue weighted by molar-refractivity contribution is 7.88. The molecule has 0 saturated heterocycles. The number of nitrogens with one attached hydrogen (secondary N) is 1. The second-order valence-corrected chi connectivity index (χ2v) is 7.81. The molecule has 0 aromatic heterocycles. The average molecular weight is 341 g/mol. The summed E-state index contributed by atoms with van der Waals surface area (Å²) in [6, 6.07) is 9.62. The summed E-state index contributed by atoms with van der Waals surface area (Å²) >= 11 is 0. The van der Waals surface area contributed by atoms with Crippen molar-refractivity contribution in [2.24, 2.45) is 0 Å². The fourth-order valence-electron chi connectivity index (χ4n) is 2.12. The van der Waals surface area contributed by atoms with E-state index in [1.54, 1.807) is 0 Å². The molecule has 0 saturated carbocycles. The van der Waals surface area contributed by atoms with E-state index in [9.17, 15) is 13.2 Å². The lowest BCUT2D eigenvalue weighted by atomic mass is 10.2. The molecule has 1 amide bonds. The molecule has 1 rings (SSSR count). The van der Waals surface area contributed by atoms with Crippen LogP contribution >= 0.6 is 0 Å². The first-order chi connectivity index (χ1) is 10.8. The number of benzene rings is 1. The van der Waals surface area contributed by atoms with E-state index >= 15 is 0 Å². The summed E-state index contributed by atoms with van der Waals surface area (Å²) in [6.07, 6.45) is 2.10. The van der Waals surface area contributed by atoms with Crippen LogP contribution in [0.4, 0.5) is 0 Å². The van der Waals surface area contributed by atoms with Crippen molar-refractivity contribution in [3.63, 3.8) is 0 Å². The highest BCUT2D eigenvalue weighted by Gasteiger charge is 2.17. The van der Waals surface area contributed by atoms with Crippen LogP contribution in [-0.2, 0) is 21.4 Å². The van der Waals surface area contributed by atoms with Gasteiger partial charge in [0.05, 0.1) is 6.26 Å². The molecular formula is C16H27N3O3S. The number of nitrogens with zero attached hydrogens (tertiary/aromatic N) is 2. The number of carbonyl (C=O) groups is 1. The Labute approximate surface area is 139 Å². The lowest BCUT2D eigenvalue weighted by molar-refractivity contribution is -0.121. The zero-order chi connectivity index (χ0) is 17.3. The SMILES string of the molecule is CN(C)CCCN(CCC(=O)NCc1ccccc1)S(C)(=O)=O. The van der Waals surface area contributed by atoms with Crippen LogP contribution in [0.15, 0.2) is 30.3 Å². The first-order valence-electron chi connectivity index (χ1n) is 7.69. The van der Waals surface area contributed by atoms with Crippen LogP contribution in [0.1, 0.15) is 18.4 Å². The van der Waals surface area contributed by atoms with Crippen LogP contribution in [0.5, 0.6) is 0 Å². The number of hydrogen-bond acceptors (Lipinski definition) is 4. The van der Waals surface area contributed by atoms with Crippen LogP contribution in [-0.4, -0.2) is 63.5 Å². The van der Waals surface area contributed by atoms with Crippen molar-refractivity contribution < 1.29 is 13.2 Å². The average Bonchev–Trinajstić information content (AvgIpc) is 2.48. The van der Waals surface area contributed by atoms with Crippen LogP contribution in [0.2, 0.25) is 0 Å². The highest BCUT2D eigenvalue weighted by atomic mass is 32.2. The molecule has 23 heavy (non-hydrogen) atoms. The molecule has 0 aliphatic rings. The van der Waals surface area contributed by atoms with E-state index in [0.717, 1.165) is 18.5 Å². The Kier molecular flexibility index (Phi) is 8.22. The first-order valence-corrected chi connectivity index (χ1v) is 9.54. The van der Waals surface area contributed by atoms with Gasteiger partial charge in [-0.2, -0.15) is 0 Å². The van der Waals surface area contributed by atoms with Crippen molar-refractivity contribution in [2.45, 2.75) is 19.4 Å². The molecule has 0 unspecified atom stereocenters. The third kappa shape index (κ3) is 8.68. The predicted octanol–water partition coefficient (Wildman–Crippen LogP) is 0.906. The molecule has 1 N–H and O–H groups in total. The third-order valence-electron chi connectivity index (χ3n) is 3.40. The molecule has 0 radical (unpaired) electrons. The van der Waals surface area contributed by atoms with Gasteiger partial charge in [0.1, 0.15) is 0 Å². The third-order valence-corrected chi connectivity index (χ3v) is 4.71. The van der Waals surface area contributed by atoms with Gasteiger partial charge in [0.15, 0.2) is 0 Å². The Balaban J connectivity index is 2.39. The van der Waals surface area contributed by atoms with Crippen molar-refractivity contribution >= 4 is 15.9 Å². The van der Waals surface area contributed by atoms with Crippen LogP contribution < -0.4 is 5.32 Å². The quantitative estimate of drug-likeness (QED) is 0.687. The summed E-state index contributed by atoms with van der Waals surface area (Å²) < 4.78 is 24.9. The summed E-state index contributed by atoms with van der Waals surface area (Å²) in [5.41, 5.74) is 1.02. The zero-order valence-corrected chi connectivity index (χ0v) is 15.0. The Morgan fingerprint density at radius 1 is 1.09 bits per heavy atom. The Bertz CT molecular complexity index is 573. The van der Waals surface area contributed by atoms with Crippen molar-refractivity contribution in [3.8, 4) is 0 Å². The van der Waals surface area contributed by atoms with Crippen molar-refractivity contribution in [1.82, 2.24) is 14.5 Å². The van der Waals surface area contributed by atoms with E-state index in [4.69, 9.17) is 0 Å². The minimum Gasteiger partial charge on any atom is -0.352 e. The fraction of sp³-hybridized carbons (Fsp3) is 0.562. The van der Waals surface area contributed by atoms with Crippen LogP contribution in [0, 0.1) is 0 Å². The van der Waals surface area contributed by atoms with Gasteiger partial charge in [-0.1, -0.05) is 30.3 Å². The molecule has 1 aromatic carbocycles. The summed E-state index contributed by atoms with van der Waals surface area (Å²) in [5, 5.41) is 2.81. The van der Waals surface area contributed by atoms with E-state index in [0.29, 0.717) is 13.1 Å². The topological polar surface area (TPSA) is 69.7 Å². The minimum atomic E-state index is -3.29. The maximum atomic E-state index is 11.9. The predicted molar refractivity (Wildman–Crippen MR) is 92.5 cm³/mol. The van der Waals surface area contributed by atoms with E-state index in [1.807, 2.05) is 49.3 Å². The highest BCUT2D eigenvalue weighted by Crippen LogP contribution is 2.03. The maximum absolute atomic E-state index is 11.9. The molecule has 0 bridgehead atoms. The summed E-state index contributed by atoms with van der Waals surface area (Å²) in [4.78, 5) is 13.9. The van der Waals surface area contributed by atoms with Crippen LogP contribution in [0.3, 0.4) is 0 Å². The maximum Gasteiger partial charge on any atom is 0.221 e. The molecule has 6 nitrogen and oxygen atoms in total. The van der Waals surface area contributed by atoms with Gasteiger partial charge in [-0.25, -0.2) is 12.7 Å². The van der Waals surface area contributed by atoms with Crippen molar-refractivity contribution in [3.05, 3.63) is 35.9 Å². The molecule has 0 spiro atoms. The number of amides is 1. The standard InChI is InChI=1S/C16H27N3O3S/c1-18(2)11-7-12-19(23(3,21)22)13-10-16(20)17-14-15-8-5-4-6-9-15/h4-6,8-9H,7,10-14H2,1-3H3,(H,17,20). The Morgan fingerprint density at radius 2 is 1.74 bits per heavy atom. The van der Waals surface area contributed by atoms with Gasteiger partial charge < -0.3 is 10.2 Å². The molecular weight excluding hydrogens is 314 g/mol. The van der Waals surface area contributed by atoms with Gasteiger partial charge in [-0.15, -0.1) is 0 Å². The lowest BCUT2D eigenvalue weighted by Crippen LogP contribution is -2.36. The monoisotopic (exact) mass is 341 g/mol. The Morgan fingerprint density at radius 3 is 2.30 bits per heavy atom. The molecule has 0 heterocycles. The van der Waals surface area contributed by atoms with Gasteiger partial charge in [-0.05, 0) is 32.6 Å². The second-order valence-electron chi connectivity index (χ2n) is 5.83. The lowest BCUT2D eigenvalue weighted by Gasteiger charge is -2.20. The fourth-order valence-corrected chi connectivity index (χ4v) is 3.00. The number of sulfonamides is 1.